The van der Waals surface area contributed by atoms with E-state index in [1.54, 1.807) is 0 Å². The molecule has 2 aromatic carbocycles. The largest absolute Gasteiger partial charge is 0.507 e. The van der Waals surface area contributed by atoms with Gasteiger partial charge in [0.2, 0.25) is 12.1 Å². The smallest absolute Gasteiger partial charge is 0.340 e. The van der Waals surface area contributed by atoms with E-state index in [2.05, 4.69) is 0 Å². The number of hydrogen-bond acceptors (Lipinski definition) is 11. The van der Waals surface area contributed by atoms with Crippen molar-refractivity contribution in [3.63, 3.8) is 0 Å². The van der Waals surface area contributed by atoms with Crippen LogP contribution in [-0.4, -0.2) is 85.5 Å². The van der Waals surface area contributed by atoms with Gasteiger partial charge < -0.3 is 40.1 Å². The van der Waals surface area contributed by atoms with Crippen molar-refractivity contribution in [1.82, 2.24) is 0 Å². The third-order valence-corrected chi connectivity index (χ3v) is 5.41. The monoisotopic (exact) mass is 446 g/mol. The molecule has 32 heavy (non-hydrogen) atoms. The van der Waals surface area contributed by atoms with Crippen LogP contribution in [0.15, 0.2) is 30.3 Å². The molecule has 11 nitrogen and oxygen atoms in total. The van der Waals surface area contributed by atoms with Crippen LogP contribution < -0.4 is 0 Å². The number of carbonyl (C=O) groups excluding carboxylic acids is 3. The van der Waals surface area contributed by atoms with Crippen molar-refractivity contribution >= 4 is 17.5 Å². The number of ether oxygens (including phenoxy) is 2. The van der Waals surface area contributed by atoms with Crippen molar-refractivity contribution < 1.29 is 54.5 Å². The van der Waals surface area contributed by atoms with Crippen molar-refractivity contribution in [3.8, 4) is 11.5 Å². The Hall–Kier alpha value is -3.35. The fraction of sp³-hybridized carbons (Fsp3) is 0.286. The Labute approximate surface area is 179 Å². The number of esters is 1. The molecule has 168 valence electrons. The van der Waals surface area contributed by atoms with Crippen LogP contribution in [0.4, 0.5) is 0 Å². The fourth-order valence-electron chi connectivity index (χ4n) is 3.74. The molecule has 1 aliphatic carbocycles. The predicted molar refractivity (Wildman–Crippen MR) is 102 cm³/mol. The van der Waals surface area contributed by atoms with Crippen LogP contribution in [0.2, 0.25) is 0 Å². The molecule has 1 aliphatic heterocycles. The lowest BCUT2D eigenvalue weighted by atomic mass is 9.82. The van der Waals surface area contributed by atoms with E-state index in [0.717, 1.165) is 12.1 Å². The van der Waals surface area contributed by atoms with Gasteiger partial charge >= 0.3 is 5.97 Å². The first-order chi connectivity index (χ1) is 15.1. The van der Waals surface area contributed by atoms with Gasteiger partial charge in [0.05, 0.1) is 23.3 Å². The molecule has 11 heteroatoms. The van der Waals surface area contributed by atoms with E-state index in [9.17, 15) is 45.0 Å². The van der Waals surface area contributed by atoms with Gasteiger partial charge in [0, 0.05) is 11.1 Å². The number of fused-ring (bicyclic) bond motifs is 2. The summed E-state index contributed by atoms with van der Waals surface area (Å²) >= 11 is 0. The molecule has 1 saturated heterocycles. The molecule has 6 N–H and O–H groups in total. The topological polar surface area (TPSA) is 191 Å². The van der Waals surface area contributed by atoms with Crippen LogP contribution in [0.5, 0.6) is 11.5 Å². The van der Waals surface area contributed by atoms with Crippen LogP contribution >= 0.6 is 0 Å². The summed E-state index contributed by atoms with van der Waals surface area (Å²) in [6, 6.07) is 5.77. The van der Waals surface area contributed by atoms with Gasteiger partial charge in [-0.05, 0) is 18.2 Å². The van der Waals surface area contributed by atoms with Gasteiger partial charge in [-0.3, -0.25) is 9.59 Å². The van der Waals surface area contributed by atoms with Gasteiger partial charge in [-0.25, -0.2) is 4.79 Å². The normalized spacial score (nSPS) is 26.9. The van der Waals surface area contributed by atoms with Crippen LogP contribution in [0.25, 0.3) is 0 Å². The van der Waals surface area contributed by atoms with E-state index < -0.39 is 71.9 Å². The molecule has 0 aromatic heterocycles. The first-order valence-electron chi connectivity index (χ1n) is 9.45. The number of aromatic hydroxyl groups is 2. The van der Waals surface area contributed by atoms with Crippen molar-refractivity contribution in [2.75, 3.05) is 6.61 Å². The SMILES string of the molecule is O=C(O[C@H]1O[C@@H](CO)[C@H](O)[C@H](O)[C@@H]1O)c1cc(O)c2c(c1)C(=O)c1cccc(O)c1C2=O. The number of ketones is 2. The molecule has 0 saturated carbocycles. The number of aliphatic hydroxyl groups excluding tert-OH is 4. The Kier molecular flexibility index (Phi) is 5.44. The van der Waals surface area contributed by atoms with Gasteiger partial charge in [0.1, 0.15) is 35.9 Å². The maximum Gasteiger partial charge on any atom is 0.340 e. The van der Waals surface area contributed by atoms with Gasteiger partial charge in [0.25, 0.3) is 0 Å². The standard InChI is InChI=1S/C21H18O11/c22-6-12-16(26)18(28)19(29)21(31-12)32-20(30)7-4-9-14(11(24)5-7)17(27)13-8(15(9)25)2-1-3-10(13)23/h1-5,12,16,18-19,21-24,26,28-29H,6H2/t12-,16-,18-,19-,21+/m0/s1. The van der Waals surface area contributed by atoms with Crippen LogP contribution in [0, 0.1) is 0 Å². The second-order valence-corrected chi connectivity index (χ2v) is 7.38. The van der Waals surface area contributed by atoms with E-state index in [-0.39, 0.29) is 22.3 Å². The van der Waals surface area contributed by atoms with Crippen LogP contribution in [-0.2, 0) is 9.47 Å². The molecule has 5 atom stereocenters. The minimum Gasteiger partial charge on any atom is -0.507 e. The summed E-state index contributed by atoms with van der Waals surface area (Å²) in [4.78, 5) is 38.2. The summed E-state index contributed by atoms with van der Waals surface area (Å²) in [7, 11) is 0. The summed E-state index contributed by atoms with van der Waals surface area (Å²) in [5.74, 6) is -3.86. The molecule has 2 aromatic rings. The molecule has 0 radical (unpaired) electrons. The summed E-state index contributed by atoms with van der Waals surface area (Å²) < 4.78 is 10.1. The summed E-state index contributed by atoms with van der Waals surface area (Å²) in [5, 5.41) is 59.2. The molecule has 4 rings (SSSR count). The Morgan fingerprint density at radius 1 is 0.906 bits per heavy atom. The molecule has 1 heterocycles. The summed E-state index contributed by atoms with van der Waals surface area (Å²) in [5.41, 5.74) is -1.44. The van der Waals surface area contributed by atoms with Crippen molar-refractivity contribution in [3.05, 3.63) is 58.1 Å². The molecule has 0 amide bonds. The predicted octanol–water partition coefficient (Wildman–Crippen LogP) is -1.17. The molecular formula is C21H18O11. The highest BCUT2D eigenvalue weighted by Gasteiger charge is 2.45. The van der Waals surface area contributed by atoms with Gasteiger partial charge in [-0.2, -0.15) is 0 Å². The van der Waals surface area contributed by atoms with E-state index in [4.69, 9.17) is 9.47 Å². The zero-order valence-corrected chi connectivity index (χ0v) is 16.2. The molecule has 2 aliphatic rings. The average molecular weight is 446 g/mol. The highest BCUT2D eigenvalue weighted by atomic mass is 16.7. The Morgan fingerprint density at radius 3 is 2.28 bits per heavy atom. The van der Waals surface area contributed by atoms with Gasteiger partial charge in [-0.1, -0.05) is 12.1 Å². The van der Waals surface area contributed by atoms with Gasteiger partial charge in [-0.15, -0.1) is 0 Å². The molecule has 0 bridgehead atoms. The third-order valence-electron chi connectivity index (χ3n) is 5.41. The minimum absolute atomic E-state index is 0.110. The Morgan fingerprint density at radius 2 is 1.59 bits per heavy atom. The average Bonchev–Trinajstić information content (AvgIpc) is 2.77. The van der Waals surface area contributed by atoms with Crippen molar-refractivity contribution in [1.29, 1.82) is 0 Å². The number of rotatable bonds is 3. The number of hydrogen-bond donors (Lipinski definition) is 6. The van der Waals surface area contributed by atoms with E-state index in [1.165, 1.54) is 18.2 Å². The highest BCUT2D eigenvalue weighted by molar-refractivity contribution is 6.30. The molecule has 0 spiro atoms. The second-order valence-electron chi connectivity index (χ2n) is 7.38. The molecular weight excluding hydrogens is 428 g/mol. The Bertz CT molecular complexity index is 1120. The quantitative estimate of drug-likeness (QED) is 0.266. The highest BCUT2D eigenvalue weighted by Crippen LogP contribution is 2.37. The number of phenolic OH excluding ortho intramolecular Hbond substituents is 2. The summed E-state index contributed by atoms with van der Waals surface area (Å²) in [6.45, 7) is -0.735. The lowest BCUT2D eigenvalue weighted by molar-refractivity contribution is -0.285. The maximum atomic E-state index is 12.9. The van der Waals surface area contributed by atoms with Crippen LogP contribution in [0.1, 0.15) is 42.2 Å². The van der Waals surface area contributed by atoms with Gasteiger partial charge in [0.15, 0.2) is 5.78 Å². The zero-order valence-electron chi connectivity index (χ0n) is 16.2. The second kappa shape index (κ2) is 7.97. The minimum atomic E-state index is -1.85. The zero-order chi connectivity index (χ0) is 23.3. The number of carbonyl (C=O) groups is 3. The number of benzene rings is 2. The lowest BCUT2D eigenvalue weighted by Crippen LogP contribution is -2.59. The van der Waals surface area contributed by atoms with E-state index in [1.807, 2.05) is 0 Å². The fourth-order valence-corrected chi connectivity index (χ4v) is 3.74. The lowest BCUT2D eigenvalue weighted by Gasteiger charge is -2.39. The van der Waals surface area contributed by atoms with Crippen molar-refractivity contribution in [2.24, 2.45) is 0 Å². The maximum absolute atomic E-state index is 12.9. The van der Waals surface area contributed by atoms with Crippen LogP contribution in [0.3, 0.4) is 0 Å². The third kappa shape index (κ3) is 3.32. The first-order valence-corrected chi connectivity index (χ1v) is 9.45. The number of phenols is 2. The van der Waals surface area contributed by atoms with E-state index >= 15 is 0 Å². The first kappa shape index (κ1) is 21.9. The molecule has 1 fully saturated rings. The van der Waals surface area contributed by atoms with Crippen molar-refractivity contribution in [2.45, 2.75) is 30.7 Å². The van der Waals surface area contributed by atoms with E-state index in [0.29, 0.717) is 0 Å². The Balaban J connectivity index is 1.66. The molecule has 0 unspecified atom stereocenters. The number of aliphatic hydroxyl groups is 4. The summed E-state index contributed by atoms with van der Waals surface area (Å²) in [6.07, 6.45) is -8.37.